The number of aromatic carboxylic acids is 1. The minimum atomic E-state index is -1.11. The van der Waals surface area contributed by atoms with E-state index >= 15 is 0 Å². The van der Waals surface area contributed by atoms with Crippen LogP contribution < -0.4 is 0 Å². The molecule has 0 aliphatic carbocycles. The standard InChI is InChI=1S/C33H37BrN4O4/c1-8-19-14(3)22-13-27-29(18(7)34)16(5)24(36-27)11-23-15(4)20(9-2)31(37-23)21(10-28(39)40)32-30(33(41)42)17(6)25(38-32)12-26(19)35-22/h11-13,15,18,20,36,38H,8-10H2,1-7H3,(H,39,40)(H,41,42)/t15-,18?,20-/m0/s1. The third-order valence-electron chi connectivity index (χ3n) is 8.91. The van der Waals surface area contributed by atoms with Gasteiger partial charge in [-0.05, 0) is 86.6 Å². The highest BCUT2D eigenvalue weighted by Crippen LogP contribution is 2.42. The van der Waals surface area contributed by atoms with Crippen LogP contribution in [-0.2, 0) is 11.2 Å². The molecular weight excluding hydrogens is 596 g/mol. The number of allylic oxidation sites excluding steroid dienone is 2. The van der Waals surface area contributed by atoms with Gasteiger partial charge in [-0.2, -0.15) is 0 Å². The van der Waals surface area contributed by atoms with E-state index in [1.54, 1.807) is 6.92 Å². The fourth-order valence-electron chi connectivity index (χ4n) is 6.66. The smallest absolute Gasteiger partial charge is 0.338 e. The van der Waals surface area contributed by atoms with Crippen LogP contribution in [0.3, 0.4) is 0 Å². The quantitative estimate of drug-likeness (QED) is 0.202. The molecule has 5 heterocycles. The van der Waals surface area contributed by atoms with Crippen molar-refractivity contribution in [1.29, 1.82) is 0 Å². The second-order valence-electron chi connectivity index (χ2n) is 11.4. The molecule has 4 N–H and O–H groups in total. The van der Waals surface area contributed by atoms with Crippen LogP contribution in [-0.4, -0.2) is 42.1 Å². The maximum absolute atomic E-state index is 12.7. The van der Waals surface area contributed by atoms with Gasteiger partial charge in [0, 0.05) is 44.5 Å². The van der Waals surface area contributed by atoms with Crippen LogP contribution >= 0.6 is 15.9 Å². The number of H-pyrrole nitrogens is 2. The zero-order valence-electron chi connectivity index (χ0n) is 25.1. The molecule has 3 atom stereocenters. The van der Waals surface area contributed by atoms with Crippen molar-refractivity contribution < 1.29 is 19.8 Å². The molecule has 0 radical (unpaired) electrons. The van der Waals surface area contributed by atoms with E-state index in [0.717, 1.165) is 63.2 Å². The van der Waals surface area contributed by atoms with Crippen LogP contribution in [0.5, 0.6) is 0 Å². The number of fused-ring (bicyclic) bond motifs is 8. The summed E-state index contributed by atoms with van der Waals surface area (Å²) in [6.07, 6.45) is 1.13. The topological polar surface area (TPSA) is 132 Å². The summed E-state index contributed by atoms with van der Waals surface area (Å²) >= 11 is 3.80. The summed E-state index contributed by atoms with van der Waals surface area (Å²) in [4.78, 5) is 42.0. The number of aromatic amines is 2. The lowest BCUT2D eigenvalue weighted by atomic mass is 9.86. The average Bonchev–Trinajstić information content (AvgIpc) is 3.60. The van der Waals surface area contributed by atoms with E-state index in [1.807, 2.05) is 6.07 Å². The van der Waals surface area contributed by atoms with Crippen molar-refractivity contribution in [1.82, 2.24) is 19.9 Å². The van der Waals surface area contributed by atoms with Crippen molar-refractivity contribution in [3.05, 3.63) is 68.8 Å². The molecule has 5 rings (SSSR count). The number of hydrogen-bond acceptors (Lipinski definition) is 4. The van der Waals surface area contributed by atoms with E-state index in [1.165, 1.54) is 0 Å². The number of halogens is 1. The number of rotatable bonds is 6. The molecule has 9 heteroatoms. The number of hydrogen-bond donors (Lipinski definition) is 4. The molecule has 2 aliphatic rings. The second-order valence-corrected chi connectivity index (χ2v) is 12.7. The molecule has 0 spiro atoms. The Bertz CT molecular complexity index is 1830. The van der Waals surface area contributed by atoms with E-state index in [4.69, 9.17) is 9.97 Å². The Morgan fingerprint density at radius 2 is 1.64 bits per heavy atom. The molecular formula is C33H37BrN4O4. The van der Waals surface area contributed by atoms with Crippen molar-refractivity contribution in [2.75, 3.05) is 0 Å². The number of aromatic nitrogens is 4. The first kappa shape index (κ1) is 29.8. The minimum absolute atomic E-state index is 0.00746. The third kappa shape index (κ3) is 4.87. The largest absolute Gasteiger partial charge is 0.481 e. The first-order valence-electron chi connectivity index (χ1n) is 14.4. The van der Waals surface area contributed by atoms with Crippen LogP contribution in [0.4, 0.5) is 0 Å². The van der Waals surface area contributed by atoms with Crippen LogP contribution in [0.15, 0.2) is 18.2 Å². The van der Waals surface area contributed by atoms with Crippen LogP contribution in [0.25, 0.3) is 33.2 Å². The summed E-state index contributed by atoms with van der Waals surface area (Å²) in [5.74, 6) is -2.22. The van der Waals surface area contributed by atoms with Crippen LogP contribution in [0.2, 0.25) is 0 Å². The molecule has 2 aliphatic heterocycles. The molecule has 0 amide bonds. The lowest BCUT2D eigenvalue weighted by Gasteiger charge is -2.15. The molecule has 3 aromatic heterocycles. The van der Waals surface area contributed by atoms with Gasteiger partial charge in [0.25, 0.3) is 0 Å². The first-order chi connectivity index (χ1) is 19.9. The van der Waals surface area contributed by atoms with Gasteiger partial charge < -0.3 is 20.2 Å². The lowest BCUT2D eigenvalue weighted by molar-refractivity contribution is -0.136. The Labute approximate surface area is 253 Å². The van der Waals surface area contributed by atoms with Crippen molar-refractivity contribution in [2.24, 2.45) is 0 Å². The zero-order chi connectivity index (χ0) is 30.6. The van der Waals surface area contributed by atoms with E-state index in [9.17, 15) is 19.8 Å². The summed E-state index contributed by atoms with van der Waals surface area (Å²) in [6, 6.07) is 6.04. The normalized spacial score (nSPS) is 17.5. The van der Waals surface area contributed by atoms with E-state index in [0.29, 0.717) is 27.9 Å². The fraction of sp³-hybridized carbons (Fsp3) is 0.394. The Kier molecular flexibility index (Phi) is 7.91. The molecule has 3 aromatic rings. The van der Waals surface area contributed by atoms with E-state index in [-0.39, 0.29) is 28.6 Å². The number of alkyl halides is 1. The van der Waals surface area contributed by atoms with E-state index in [2.05, 4.69) is 79.6 Å². The molecule has 0 saturated heterocycles. The molecule has 8 nitrogen and oxygen atoms in total. The monoisotopic (exact) mass is 632 g/mol. The maximum atomic E-state index is 12.7. The van der Waals surface area contributed by atoms with Gasteiger partial charge in [0.1, 0.15) is 0 Å². The van der Waals surface area contributed by atoms with Crippen molar-refractivity contribution >= 4 is 61.1 Å². The lowest BCUT2D eigenvalue weighted by Crippen LogP contribution is -2.09. The van der Waals surface area contributed by atoms with Gasteiger partial charge in [0.05, 0.1) is 34.6 Å². The number of aliphatic carboxylic acids is 1. The number of carboxylic acid groups (broad SMARTS) is 2. The van der Waals surface area contributed by atoms with Gasteiger partial charge in [-0.1, -0.05) is 36.7 Å². The van der Waals surface area contributed by atoms with Gasteiger partial charge >= 0.3 is 11.9 Å². The summed E-state index contributed by atoms with van der Waals surface area (Å²) in [5, 5.41) is 20.3. The number of carbonyl (C=O) groups is 2. The van der Waals surface area contributed by atoms with Gasteiger partial charge in [-0.15, -0.1) is 0 Å². The Balaban J connectivity index is 2.08. The third-order valence-corrected chi connectivity index (χ3v) is 9.37. The SMILES string of the molecule is CCC1=C(C)c2cc3[nH]c(cc4nc(c(CC(=O)O)c5[nH]c(cc1n2)c(C)c5C(=O)O)[C@@H](CC)[C@@H]4C)c(C)c3C(C)Br. The molecule has 1 unspecified atom stereocenters. The predicted octanol–water partition coefficient (Wildman–Crippen LogP) is 8.35. The maximum Gasteiger partial charge on any atom is 0.338 e. The van der Waals surface area contributed by atoms with Crippen molar-refractivity contribution in [3.8, 4) is 0 Å². The average molecular weight is 634 g/mol. The molecule has 42 heavy (non-hydrogen) atoms. The minimum Gasteiger partial charge on any atom is -0.481 e. The molecule has 0 aromatic carbocycles. The van der Waals surface area contributed by atoms with E-state index < -0.39 is 11.9 Å². The summed E-state index contributed by atoms with van der Waals surface area (Å²) in [5.41, 5.74) is 11.3. The van der Waals surface area contributed by atoms with Gasteiger partial charge in [-0.3, -0.25) is 9.78 Å². The highest BCUT2D eigenvalue weighted by molar-refractivity contribution is 9.09. The Hall–Kier alpha value is -3.72. The summed E-state index contributed by atoms with van der Waals surface area (Å²) in [7, 11) is 0. The molecule has 0 saturated carbocycles. The van der Waals surface area contributed by atoms with Crippen molar-refractivity contribution in [2.45, 2.75) is 84.4 Å². The predicted molar refractivity (Wildman–Crippen MR) is 170 cm³/mol. The second kappa shape index (κ2) is 11.2. The number of carboxylic acids is 2. The first-order valence-corrected chi connectivity index (χ1v) is 15.4. The Morgan fingerprint density at radius 3 is 2.24 bits per heavy atom. The number of nitrogens with one attached hydrogen (secondary N) is 2. The van der Waals surface area contributed by atoms with Gasteiger partial charge in [-0.25, -0.2) is 9.78 Å². The fourth-order valence-corrected chi connectivity index (χ4v) is 7.25. The number of nitrogens with zero attached hydrogens (tertiary/aromatic N) is 2. The van der Waals surface area contributed by atoms with Crippen molar-refractivity contribution in [3.63, 3.8) is 0 Å². The van der Waals surface area contributed by atoms with Gasteiger partial charge in [0.2, 0.25) is 0 Å². The number of aryl methyl sites for hydroxylation is 2. The zero-order valence-corrected chi connectivity index (χ0v) is 26.7. The summed E-state index contributed by atoms with van der Waals surface area (Å²) < 4.78 is 0. The molecule has 0 fully saturated rings. The van der Waals surface area contributed by atoms with Gasteiger partial charge in [0.15, 0.2) is 0 Å². The molecule has 220 valence electrons. The highest BCUT2D eigenvalue weighted by Gasteiger charge is 2.32. The Morgan fingerprint density at radius 1 is 0.976 bits per heavy atom. The summed E-state index contributed by atoms with van der Waals surface area (Å²) in [6.45, 7) is 14.3. The van der Waals surface area contributed by atoms with Crippen LogP contribution in [0, 0.1) is 13.8 Å². The molecule has 8 bridgehead atoms. The van der Waals surface area contributed by atoms with Crippen LogP contribution in [0.1, 0.15) is 120 Å². The highest BCUT2D eigenvalue weighted by atomic mass is 79.9.